The molecule has 0 aliphatic heterocycles. The number of benzene rings is 2. The molecule has 140 valence electrons. The zero-order valence-electron chi connectivity index (χ0n) is 16.9. The van der Waals surface area contributed by atoms with Gasteiger partial charge >= 0.3 is 0 Å². The normalized spacial score (nSPS) is 12.2. The highest BCUT2D eigenvalue weighted by Gasteiger charge is 2.49. The Morgan fingerprint density at radius 3 is 1.77 bits per heavy atom. The summed E-state index contributed by atoms with van der Waals surface area (Å²) in [4.78, 5) is 0. The molecule has 0 unspecified atom stereocenters. The average molecular weight is 367 g/mol. The highest BCUT2D eigenvalue weighted by Crippen LogP contribution is 2.36. The number of hydrogen-bond acceptors (Lipinski definition) is 1. The van der Waals surface area contributed by atoms with Crippen LogP contribution in [0.1, 0.15) is 53.4 Å². The third kappa shape index (κ3) is 4.96. The third-order valence-corrected chi connectivity index (χ3v) is 10.0. The lowest BCUT2D eigenvalue weighted by molar-refractivity contribution is 0.287. The number of rotatable bonds is 9. The Balaban J connectivity index is 2.28. The van der Waals surface area contributed by atoms with Crippen LogP contribution >= 0.6 is 0 Å². The Bertz CT molecular complexity index is 631. The summed E-state index contributed by atoms with van der Waals surface area (Å²) in [5, 5.41) is 2.79. The van der Waals surface area contributed by atoms with Gasteiger partial charge in [0, 0.05) is 6.61 Å². The molecule has 1 nitrogen and oxygen atoms in total. The zero-order valence-corrected chi connectivity index (χ0v) is 17.9. The van der Waals surface area contributed by atoms with E-state index in [0.29, 0.717) is 0 Å². The fourth-order valence-corrected chi connectivity index (χ4v) is 8.30. The van der Waals surface area contributed by atoms with Gasteiger partial charge in [-0.2, -0.15) is 0 Å². The van der Waals surface area contributed by atoms with Crippen LogP contribution < -0.4 is 10.4 Å². The second-order valence-corrected chi connectivity index (χ2v) is 12.6. The van der Waals surface area contributed by atoms with E-state index >= 15 is 0 Å². The molecule has 2 aromatic rings. The molecule has 2 rings (SSSR count). The summed E-state index contributed by atoms with van der Waals surface area (Å²) < 4.78 is 6.89. The maximum atomic E-state index is 6.89. The lowest BCUT2D eigenvalue weighted by Gasteiger charge is -2.43. The van der Waals surface area contributed by atoms with Crippen LogP contribution in [0.25, 0.3) is 0 Å². The molecule has 0 atom stereocenters. The lowest BCUT2D eigenvalue weighted by Crippen LogP contribution is -2.66. The second-order valence-electron chi connectivity index (χ2n) is 8.28. The maximum Gasteiger partial charge on any atom is 0.261 e. The first-order valence-corrected chi connectivity index (χ1v) is 11.7. The smallest absolute Gasteiger partial charge is 0.261 e. The van der Waals surface area contributed by atoms with Crippen molar-refractivity contribution in [3.8, 4) is 0 Å². The Labute approximate surface area is 161 Å². The second kappa shape index (κ2) is 9.34. The molecule has 26 heavy (non-hydrogen) atoms. The van der Waals surface area contributed by atoms with Crippen LogP contribution in [0, 0.1) is 0 Å². The molecule has 2 heteroatoms. The lowest BCUT2D eigenvalue weighted by atomic mass is 10.1. The van der Waals surface area contributed by atoms with Gasteiger partial charge in [-0.1, -0.05) is 93.4 Å². The molecule has 0 aliphatic carbocycles. The van der Waals surface area contributed by atoms with Crippen molar-refractivity contribution in [2.75, 3.05) is 6.61 Å². The van der Waals surface area contributed by atoms with Gasteiger partial charge in [0.1, 0.15) is 0 Å². The van der Waals surface area contributed by atoms with Gasteiger partial charge in [0.25, 0.3) is 8.32 Å². The summed E-state index contributed by atoms with van der Waals surface area (Å²) in [6.07, 6.45) is 4.64. The van der Waals surface area contributed by atoms with E-state index in [2.05, 4.69) is 94.9 Å². The third-order valence-electron chi connectivity index (χ3n) is 4.98. The number of unbranched alkanes of at least 4 members (excludes halogenated alkanes) is 2. The van der Waals surface area contributed by atoms with E-state index in [1.807, 2.05) is 0 Å². The Morgan fingerprint density at radius 1 is 0.846 bits per heavy atom. The van der Waals surface area contributed by atoms with Crippen molar-refractivity contribution in [3.05, 3.63) is 72.8 Å². The molecular formula is C24H34OSi. The van der Waals surface area contributed by atoms with E-state index in [0.717, 1.165) is 19.4 Å². The van der Waals surface area contributed by atoms with Crippen LogP contribution in [-0.2, 0) is 4.43 Å². The van der Waals surface area contributed by atoms with Gasteiger partial charge in [-0.05, 0) is 41.6 Å². The van der Waals surface area contributed by atoms with Crippen LogP contribution in [-0.4, -0.2) is 14.9 Å². The topological polar surface area (TPSA) is 9.23 Å². The van der Waals surface area contributed by atoms with Crippen molar-refractivity contribution in [1.82, 2.24) is 0 Å². The van der Waals surface area contributed by atoms with Crippen LogP contribution in [0.2, 0.25) is 5.04 Å². The Morgan fingerprint density at radius 2 is 1.35 bits per heavy atom. The van der Waals surface area contributed by atoms with Crippen molar-refractivity contribution >= 4 is 18.7 Å². The van der Waals surface area contributed by atoms with Crippen LogP contribution in [0.4, 0.5) is 0 Å². The summed E-state index contributed by atoms with van der Waals surface area (Å²) in [5.41, 5.74) is 1.28. The zero-order chi connectivity index (χ0) is 19.0. The summed E-state index contributed by atoms with van der Waals surface area (Å²) in [5.74, 6) is 0. The van der Waals surface area contributed by atoms with E-state index in [9.17, 15) is 0 Å². The monoisotopic (exact) mass is 366 g/mol. The SMILES string of the molecule is C=C(C)CCCCCO[Si](c1ccccc1)(c1ccccc1)C(C)(C)C. The van der Waals surface area contributed by atoms with Crippen molar-refractivity contribution < 1.29 is 4.43 Å². The van der Waals surface area contributed by atoms with Crippen molar-refractivity contribution in [3.63, 3.8) is 0 Å². The molecule has 0 aliphatic rings. The minimum absolute atomic E-state index is 0.0629. The summed E-state index contributed by atoms with van der Waals surface area (Å²) in [7, 11) is -2.35. The first kappa shape index (κ1) is 20.7. The minimum atomic E-state index is -2.35. The molecule has 0 bridgehead atoms. The van der Waals surface area contributed by atoms with Gasteiger partial charge in [0.15, 0.2) is 0 Å². The van der Waals surface area contributed by atoms with Gasteiger partial charge in [-0.3, -0.25) is 0 Å². The van der Waals surface area contributed by atoms with Crippen LogP contribution in [0.3, 0.4) is 0 Å². The molecule has 0 fully saturated rings. The highest BCUT2D eigenvalue weighted by atomic mass is 28.4. The number of hydrogen-bond donors (Lipinski definition) is 0. The fourth-order valence-electron chi connectivity index (χ4n) is 3.69. The molecule has 0 N–H and O–H groups in total. The van der Waals surface area contributed by atoms with Crippen LogP contribution in [0.15, 0.2) is 72.8 Å². The van der Waals surface area contributed by atoms with E-state index in [-0.39, 0.29) is 5.04 Å². The molecule has 0 amide bonds. The Kier molecular flexibility index (Phi) is 7.42. The maximum absolute atomic E-state index is 6.89. The molecule has 0 radical (unpaired) electrons. The minimum Gasteiger partial charge on any atom is -0.407 e. The van der Waals surface area contributed by atoms with E-state index < -0.39 is 8.32 Å². The van der Waals surface area contributed by atoms with E-state index in [4.69, 9.17) is 4.43 Å². The van der Waals surface area contributed by atoms with Gasteiger partial charge in [0.2, 0.25) is 0 Å². The first-order valence-electron chi connectivity index (χ1n) is 9.77. The average Bonchev–Trinajstić information content (AvgIpc) is 2.61. The van der Waals surface area contributed by atoms with Crippen molar-refractivity contribution in [1.29, 1.82) is 0 Å². The van der Waals surface area contributed by atoms with Gasteiger partial charge in [-0.15, -0.1) is 6.58 Å². The molecule has 0 spiro atoms. The van der Waals surface area contributed by atoms with Gasteiger partial charge < -0.3 is 4.43 Å². The first-order chi connectivity index (χ1) is 12.4. The fraction of sp³-hybridized carbons (Fsp3) is 0.417. The van der Waals surface area contributed by atoms with Crippen molar-refractivity contribution in [2.24, 2.45) is 0 Å². The molecule has 0 aromatic heterocycles. The summed E-state index contributed by atoms with van der Waals surface area (Å²) in [6, 6.07) is 21.8. The Hall–Kier alpha value is -1.64. The highest BCUT2D eigenvalue weighted by molar-refractivity contribution is 6.99. The largest absolute Gasteiger partial charge is 0.407 e. The predicted molar refractivity (Wildman–Crippen MR) is 117 cm³/mol. The number of allylic oxidation sites excluding steroid dienone is 1. The standard InChI is InChI=1S/C24H34OSi/c1-21(2)15-9-8-14-20-25-26(24(3,4)5,22-16-10-6-11-17-22)23-18-12-7-13-19-23/h6-7,10-13,16-19H,1,8-9,14-15,20H2,2-5H3. The van der Waals surface area contributed by atoms with Gasteiger partial charge in [-0.25, -0.2) is 0 Å². The quantitative estimate of drug-likeness (QED) is 0.314. The predicted octanol–water partition coefficient (Wildman–Crippen LogP) is 5.70. The summed E-state index contributed by atoms with van der Waals surface area (Å²) >= 11 is 0. The molecular weight excluding hydrogens is 332 g/mol. The van der Waals surface area contributed by atoms with E-state index in [1.54, 1.807) is 0 Å². The molecule has 0 saturated carbocycles. The molecule has 0 heterocycles. The molecule has 2 aromatic carbocycles. The van der Waals surface area contributed by atoms with E-state index in [1.165, 1.54) is 28.8 Å². The van der Waals surface area contributed by atoms with Crippen molar-refractivity contribution in [2.45, 2.75) is 58.4 Å². The molecule has 0 saturated heterocycles. The van der Waals surface area contributed by atoms with Crippen LogP contribution in [0.5, 0.6) is 0 Å². The summed E-state index contributed by atoms with van der Waals surface area (Å²) in [6.45, 7) is 13.9. The van der Waals surface area contributed by atoms with Gasteiger partial charge in [0.05, 0.1) is 0 Å².